The molecule has 0 unspecified atom stereocenters. The van der Waals surface area contributed by atoms with Crippen LogP contribution in [-0.4, -0.2) is 25.1 Å². The highest BCUT2D eigenvalue weighted by molar-refractivity contribution is 14.1. The van der Waals surface area contributed by atoms with Crippen molar-refractivity contribution in [1.29, 1.82) is 0 Å². The SMILES string of the molecule is NS(=O)(=O)c1cccc(NC(=S)NN=C2C(=O)N(Cc3cccc4ccccc34)c3ccc(I)cc32)c1. The van der Waals surface area contributed by atoms with Crippen LogP contribution < -0.4 is 20.8 Å². The van der Waals surface area contributed by atoms with Gasteiger partial charge in [-0.2, -0.15) is 5.10 Å². The van der Waals surface area contributed by atoms with Gasteiger partial charge in [-0.05, 0) is 87.5 Å². The number of primary sulfonamides is 1. The van der Waals surface area contributed by atoms with Gasteiger partial charge in [0.25, 0.3) is 5.91 Å². The molecule has 1 amide bonds. The molecule has 1 heterocycles. The average Bonchev–Trinajstić information content (AvgIpc) is 3.12. The topological polar surface area (TPSA) is 117 Å². The number of nitrogens with one attached hydrogen (secondary N) is 2. The molecule has 0 aliphatic carbocycles. The molecule has 0 saturated carbocycles. The highest BCUT2D eigenvalue weighted by atomic mass is 127. The molecule has 186 valence electrons. The molecule has 0 saturated heterocycles. The molecule has 37 heavy (non-hydrogen) atoms. The lowest BCUT2D eigenvalue weighted by molar-refractivity contribution is -0.112. The van der Waals surface area contributed by atoms with Gasteiger partial charge in [0.1, 0.15) is 0 Å². The van der Waals surface area contributed by atoms with Crippen LogP contribution >= 0.6 is 34.8 Å². The Morgan fingerprint density at radius 2 is 1.76 bits per heavy atom. The summed E-state index contributed by atoms with van der Waals surface area (Å²) in [7, 11) is -3.86. The summed E-state index contributed by atoms with van der Waals surface area (Å²) in [6.07, 6.45) is 0. The van der Waals surface area contributed by atoms with E-state index in [-0.39, 0.29) is 21.6 Å². The fraction of sp³-hybridized carbons (Fsp3) is 0.0385. The maximum absolute atomic E-state index is 13.5. The highest BCUT2D eigenvalue weighted by Crippen LogP contribution is 2.33. The first-order chi connectivity index (χ1) is 17.7. The van der Waals surface area contributed by atoms with Gasteiger partial charge in [0.15, 0.2) is 10.8 Å². The lowest BCUT2D eigenvalue weighted by Gasteiger charge is -2.18. The summed E-state index contributed by atoms with van der Waals surface area (Å²) in [5.74, 6) is -0.253. The molecule has 0 radical (unpaired) electrons. The van der Waals surface area contributed by atoms with Gasteiger partial charge in [0, 0.05) is 14.8 Å². The number of nitrogens with zero attached hydrogens (tertiary/aromatic N) is 2. The van der Waals surface area contributed by atoms with E-state index in [2.05, 4.69) is 38.4 Å². The third kappa shape index (κ3) is 5.34. The number of sulfonamides is 1. The van der Waals surface area contributed by atoms with Crippen molar-refractivity contribution in [2.24, 2.45) is 10.2 Å². The zero-order valence-corrected chi connectivity index (χ0v) is 23.0. The van der Waals surface area contributed by atoms with Crippen LogP contribution in [0.4, 0.5) is 11.4 Å². The Bertz CT molecular complexity index is 1700. The third-order valence-corrected chi connectivity index (χ3v) is 7.63. The number of rotatable bonds is 5. The fourth-order valence-electron chi connectivity index (χ4n) is 4.17. The van der Waals surface area contributed by atoms with Crippen LogP contribution in [0.2, 0.25) is 0 Å². The van der Waals surface area contributed by atoms with E-state index >= 15 is 0 Å². The number of carbonyl (C=O) groups excluding carboxylic acids is 1. The number of amides is 1. The molecular formula is C26H20IN5O3S2. The number of halogens is 1. The number of nitrogens with two attached hydrogens (primary N) is 1. The van der Waals surface area contributed by atoms with Crippen LogP contribution in [0.25, 0.3) is 10.8 Å². The minimum atomic E-state index is -3.86. The van der Waals surface area contributed by atoms with Gasteiger partial charge < -0.3 is 10.2 Å². The largest absolute Gasteiger partial charge is 0.331 e. The van der Waals surface area contributed by atoms with Crippen molar-refractivity contribution in [3.8, 4) is 0 Å². The molecule has 0 fully saturated rings. The van der Waals surface area contributed by atoms with Crippen molar-refractivity contribution in [2.45, 2.75) is 11.4 Å². The number of fused-ring (bicyclic) bond motifs is 2. The molecule has 0 spiro atoms. The first kappa shape index (κ1) is 25.3. The number of benzene rings is 4. The molecule has 1 aliphatic rings. The predicted octanol–water partition coefficient (Wildman–Crippen LogP) is 4.33. The van der Waals surface area contributed by atoms with E-state index < -0.39 is 10.0 Å². The monoisotopic (exact) mass is 641 g/mol. The number of hydrogen-bond acceptors (Lipinski definition) is 5. The second kappa shape index (κ2) is 10.2. The van der Waals surface area contributed by atoms with Gasteiger partial charge in [0.05, 0.1) is 17.1 Å². The molecule has 5 rings (SSSR count). The molecule has 0 aromatic heterocycles. The average molecular weight is 642 g/mol. The molecule has 0 bridgehead atoms. The quantitative estimate of drug-likeness (QED) is 0.170. The maximum atomic E-state index is 13.5. The van der Waals surface area contributed by atoms with Crippen LogP contribution in [0.1, 0.15) is 11.1 Å². The predicted molar refractivity (Wildman–Crippen MR) is 158 cm³/mol. The smallest absolute Gasteiger partial charge is 0.279 e. The van der Waals surface area contributed by atoms with E-state index in [4.69, 9.17) is 17.4 Å². The zero-order valence-electron chi connectivity index (χ0n) is 19.2. The number of hydrazone groups is 1. The van der Waals surface area contributed by atoms with Gasteiger partial charge in [-0.1, -0.05) is 48.5 Å². The Morgan fingerprint density at radius 1 is 1.00 bits per heavy atom. The summed E-state index contributed by atoms with van der Waals surface area (Å²) < 4.78 is 24.2. The lowest BCUT2D eigenvalue weighted by atomic mass is 10.0. The summed E-state index contributed by atoms with van der Waals surface area (Å²) in [5.41, 5.74) is 5.84. The van der Waals surface area contributed by atoms with Crippen LogP contribution in [0.3, 0.4) is 0 Å². The van der Waals surface area contributed by atoms with Crippen molar-refractivity contribution >= 4 is 83.7 Å². The van der Waals surface area contributed by atoms with E-state index in [0.717, 1.165) is 25.6 Å². The van der Waals surface area contributed by atoms with Gasteiger partial charge in [0.2, 0.25) is 10.0 Å². The zero-order chi connectivity index (χ0) is 26.2. The van der Waals surface area contributed by atoms with E-state index in [1.54, 1.807) is 17.0 Å². The van der Waals surface area contributed by atoms with E-state index in [1.165, 1.54) is 12.1 Å². The summed E-state index contributed by atoms with van der Waals surface area (Å²) in [4.78, 5) is 15.2. The normalized spacial score (nSPS) is 14.2. The lowest BCUT2D eigenvalue weighted by Crippen LogP contribution is -2.32. The minimum absolute atomic E-state index is 0.0508. The molecule has 1 aliphatic heterocycles. The molecule has 11 heteroatoms. The van der Waals surface area contributed by atoms with Gasteiger partial charge in [-0.15, -0.1) is 0 Å². The standard InChI is InChI=1S/C26H20IN5O3S2/c27-18-11-12-23-22(13-18)24(30-31-26(36)29-19-8-4-9-20(14-19)37(28,34)35)25(33)32(23)15-17-7-3-6-16-5-1-2-10-21(16)17/h1-14H,15H2,(H2,28,34,35)(H2,29,31,36). The van der Waals surface area contributed by atoms with Crippen molar-refractivity contribution in [3.63, 3.8) is 0 Å². The Balaban J connectivity index is 1.41. The molecular weight excluding hydrogens is 621 g/mol. The Morgan fingerprint density at radius 3 is 2.57 bits per heavy atom. The van der Waals surface area contributed by atoms with Gasteiger partial charge in [-0.3, -0.25) is 10.2 Å². The van der Waals surface area contributed by atoms with E-state index in [1.807, 2.05) is 60.7 Å². The summed E-state index contributed by atoms with van der Waals surface area (Å²) in [5, 5.41) is 14.7. The Labute approximate surface area is 232 Å². The van der Waals surface area contributed by atoms with Crippen molar-refractivity contribution in [2.75, 3.05) is 10.2 Å². The van der Waals surface area contributed by atoms with Crippen molar-refractivity contribution in [3.05, 3.63) is 99.6 Å². The van der Waals surface area contributed by atoms with E-state index in [0.29, 0.717) is 17.8 Å². The van der Waals surface area contributed by atoms with Crippen molar-refractivity contribution in [1.82, 2.24) is 5.43 Å². The van der Waals surface area contributed by atoms with Gasteiger partial charge in [-0.25, -0.2) is 13.6 Å². The molecule has 8 nitrogen and oxygen atoms in total. The van der Waals surface area contributed by atoms with E-state index in [9.17, 15) is 13.2 Å². The molecule has 4 N–H and O–H groups in total. The van der Waals surface area contributed by atoms with Crippen LogP contribution in [0, 0.1) is 3.57 Å². The number of carbonyl (C=O) groups is 1. The maximum Gasteiger partial charge on any atom is 0.279 e. The van der Waals surface area contributed by atoms with Gasteiger partial charge >= 0.3 is 0 Å². The number of thiocarbonyl (C=S) groups is 1. The Hall–Kier alpha value is -3.39. The molecule has 4 aromatic rings. The second-order valence-corrected chi connectivity index (χ2v) is 11.5. The fourth-order valence-corrected chi connectivity index (χ4v) is 5.38. The number of hydrogen-bond donors (Lipinski definition) is 3. The van der Waals surface area contributed by atoms with Crippen molar-refractivity contribution < 1.29 is 13.2 Å². The first-order valence-corrected chi connectivity index (χ1v) is 14.1. The Kier molecular flexibility index (Phi) is 6.94. The minimum Gasteiger partial charge on any atom is -0.331 e. The first-order valence-electron chi connectivity index (χ1n) is 11.1. The number of anilines is 2. The second-order valence-electron chi connectivity index (χ2n) is 8.29. The van der Waals surface area contributed by atoms with Crippen LogP contribution in [0.15, 0.2) is 94.9 Å². The summed E-state index contributed by atoms with van der Waals surface area (Å²) in [6.45, 7) is 0.385. The molecule has 4 aromatic carbocycles. The van der Waals surface area contributed by atoms with Crippen LogP contribution in [-0.2, 0) is 21.4 Å². The highest BCUT2D eigenvalue weighted by Gasteiger charge is 2.34. The molecule has 0 atom stereocenters. The third-order valence-electron chi connectivity index (χ3n) is 5.85. The summed E-state index contributed by atoms with van der Waals surface area (Å²) in [6, 6.07) is 25.8. The van der Waals surface area contributed by atoms with Crippen LogP contribution in [0.5, 0.6) is 0 Å². The summed E-state index contributed by atoms with van der Waals surface area (Å²) >= 11 is 7.52.